The Kier molecular flexibility index (Phi) is 9.24. The molecule has 0 bridgehead atoms. The first kappa shape index (κ1) is 26.8. The number of rotatable bonds is 11. The van der Waals surface area contributed by atoms with Gasteiger partial charge in [-0.2, -0.15) is 0 Å². The van der Waals surface area contributed by atoms with E-state index in [9.17, 15) is 9.59 Å². The van der Waals surface area contributed by atoms with Gasteiger partial charge in [-0.25, -0.2) is 0 Å². The largest absolute Gasteiger partial charge is 0.497 e. The van der Waals surface area contributed by atoms with E-state index in [2.05, 4.69) is 34.3 Å². The topological polar surface area (TPSA) is 83.6 Å². The van der Waals surface area contributed by atoms with Gasteiger partial charge in [0, 0.05) is 64.3 Å². The van der Waals surface area contributed by atoms with Crippen molar-refractivity contribution in [3.8, 4) is 17.2 Å². The zero-order valence-corrected chi connectivity index (χ0v) is 22.1. The van der Waals surface area contributed by atoms with Gasteiger partial charge < -0.3 is 29.3 Å². The van der Waals surface area contributed by atoms with E-state index in [0.717, 1.165) is 44.9 Å². The molecule has 2 aromatic carbocycles. The molecule has 0 aliphatic carbocycles. The summed E-state index contributed by atoms with van der Waals surface area (Å²) >= 11 is 0. The van der Waals surface area contributed by atoms with Gasteiger partial charge in [0.1, 0.15) is 23.9 Å². The van der Waals surface area contributed by atoms with Crippen LogP contribution in [0.15, 0.2) is 42.5 Å². The zero-order valence-electron chi connectivity index (χ0n) is 22.1. The number of hydrogen-bond donors (Lipinski definition) is 1. The van der Waals surface area contributed by atoms with Crippen LogP contribution in [0.1, 0.15) is 28.8 Å². The molecule has 2 aliphatic rings. The molecule has 2 saturated heterocycles. The van der Waals surface area contributed by atoms with Gasteiger partial charge in [-0.15, -0.1) is 0 Å². The molecule has 37 heavy (non-hydrogen) atoms. The van der Waals surface area contributed by atoms with Gasteiger partial charge >= 0.3 is 0 Å². The second kappa shape index (κ2) is 12.8. The highest BCUT2D eigenvalue weighted by Gasteiger charge is 2.25. The molecule has 2 amide bonds. The van der Waals surface area contributed by atoms with Crippen molar-refractivity contribution in [1.29, 1.82) is 0 Å². The smallest absolute Gasteiger partial charge is 0.257 e. The average Bonchev–Trinajstić information content (AvgIpc) is 3.32. The van der Waals surface area contributed by atoms with Crippen molar-refractivity contribution in [3.05, 3.63) is 53.6 Å². The standard InChI is InChI=1S/C28H38N4O5/c1-30(20-22-7-10-27(33)29-22)19-21-5-4-6-24(17-21)37-16-15-31-11-13-32(14-12-31)28(34)25-9-8-23(35-2)18-26(25)36-3/h4-6,8-9,17-18,22H,7,10-16,19-20H2,1-3H3,(H,29,33)/t22-/m0/s1. The molecule has 2 aliphatic heterocycles. The van der Waals surface area contributed by atoms with E-state index in [1.165, 1.54) is 5.56 Å². The van der Waals surface area contributed by atoms with Crippen molar-refractivity contribution in [2.24, 2.45) is 0 Å². The molecule has 1 N–H and O–H groups in total. The quantitative estimate of drug-likeness (QED) is 0.497. The van der Waals surface area contributed by atoms with Crippen LogP contribution in [-0.4, -0.2) is 99.7 Å². The van der Waals surface area contributed by atoms with E-state index in [-0.39, 0.29) is 17.9 Å². The molecular weight excluding hydrogens is 472 g/mol. The van der Waals surface area contributed by atoms with Crippen LogP contribution >= 0.6 is 0 Å². The number of carbonyl (C=O) groups is 2. The molecule has 9 heteroatoms. The lowest BCUT2D eigenvalue weighted by Gasteiger charge is -2.34. The molecule has 2 aromatic rings. The number of nitrogens with one attached hydrogen (secondary N) is 1. The second-order valence-corrected chi connectivity index (χ2v) is 9.70. The van der Waals surface area contributed by atoms with E-state index < -0.39 is 0 Å². The van der Waals surface area contributed by atoms with Crippen molar-refractivity contribution in [2.45, 2.75) is 25.4 Å². The van der Waals surface area contributed by atoms with Gasteiger partial charge in [0.15, 0.2) is 0 Å². The summed E-state index contributed by atoms with van der Waals surface area (Å²) in [6.45, 7) is 5.98. The summed E-state index contributed by atoms with van der Waals surface area (Å²) in [6.07, 6.45) is 1.54. The normalized spacial score (nSPS) is 18.1. The Labute approximate surface area is 219 Å². The number of carbonyl (C=O) groups excluding carboxylic acids is 2. The Morgan fingerprint density at radius 3 is 2.57 bits per heavy atom. The van der Waals surface area contributed by atoms with E-state index in [1.807, 2.05) is 17.0 Å². The van der Waals surface area contributed by atoms with Crippen LogP contribution in [0.5, 0.6) is 17.2 Å². The van der Waals surface area contributed by atoms with Crippen molar-refractivity contribution in [3.63, 3.8) is 0 Å². The van der Waals surface area contributed by atoms with Crippen LogP contribution in [0, 0.1) is 0 Å². The molecule has 0 saturated carbocycles. The summed E-state index contributed by atoms with van der Waals surface area (Å²) in [5.41, 5.74) is 1.74. The number of methoxy groups -OCH3 is 2. The highest BCUT2D eigenvalue weighted by molar-refractivity contribution is 5.97. The third-order valence-corrected chi connectivity index (χ3v) is 6.94. The lowest BCUT2D eigenvalue weighted by atomic mass is 10.1. The van der Waals surface area contributed by atoms with Crippen LogP contribution in [0.25, 0.3) is 0 Å². The Bertz CT molecular complexity index is 1070. The monoisotopic (exact) mass is 510 g/mol. The van der Waals surface area contributed by atoms with Gasteiger partial charge in [-0.3, -0.25) is 14.5 Å². The van der Waals surface area contributed by atoms with Crippen molar-refractivity contribution in [1.82, 2.24) is 20.0 Å². The van der Waals surface area contributed by atoms with Gasteiger partial charge in [-0.05, 0) is 43.3 Å². The SMILES string of the molecule is COc1ccc(C(=O)N2CCN(CCOc3cccc(CN(C)C[C@@H]4CCC(=O)N4)c3)CC2)c(OC)c1. The van der Waals surface area contributed by atoms with Crippen LogP contribution in [-0.2, 0) is 11.3 Å². The minimum Gasteiger partial charge on any atom is -0.497 e. The number of hydrogen-bond acceptors (Lipinski definition) is 7. The van der Waals surface area contributed by atoms with Crippen LogP contribution in [0.3, 0.4) is 0 Å². The fraction of sp³-hybridized carbons (Fsp3) is 0.500. The number of ether oxygens (including phenoxy) is 3. The first-order valence-corrected chi connectivity index (χ1v) is 12.9. The summed E-state index contributed by atoms with van der Waals surface area (Å²) in [6, 6.07) is 13.7. The maximum atomic E-state index is 13.0. The first-order valence-electron chi connectivity index (χ1n) is 12.9. The minimum absolute atomic E-state index is 0.0208. The van der Waals surface area contributed by atoms with Gasteiger partial charge in [0.05, 0.1) is 19.8 Å². The summed E-state index contributed by atoms with van der Waals surface area (Å²) in [5, 5.41) is 3.03. The van der Waals surface area contributed by atoms with Crippen LogP contribution in [0.4, 0.5) is 0 Å². The fourth-order valence-electron chi connectivity index (χ4n) is 4.91. The molecule has 9 nitrogen and oxygen atoms in total. The van der Waals surface area contributed by atoms with Crippen molar-refractivity contribution < 1.29 is 23.8 Å². The molecule has 1 atom stereocenters. The maximum absolute atomic E-state index is 13.0. The Balaban J connectivity index is 1.19. The molecule has 0 spiro atoms. The van der Waals surface area contributed by atoms with E-state index in [1.54, 1.807) is 32.4 Å². The third-order valence-electron chi connectivity index (χ3n) is 6.94. The highest BCUT2D eigenvalue weighted by atomic mass is 16.5. The van der Waals surface area contributed by atoms with Gasteiger partial charge in [-0.1, -0.05) is 12.1 Å². The maximum Gasteiger partial charge on any atom is 0.257 e. The summed E-state index contributed by atoms with van der Waals surface area (Å²) in [4.78, 5) is 30.9. The molecule has 4 rings (SSSR count). The van der Waals surface area contributed by atoms with Crippen LogP contribution < -0.4 is 19.5 Å². The van der Waals surface area contributed by atoms with E-state index in [4.69, 9.17) is 14.2 Å². The second-order valence-electron chi connectivity index (χ2n) is 9.70. The molecule has 0 aromatic heterocycles. The summed E-state index contributed by atoms with van der Waals surface area (Å²) < 4.78 is 16.7. The number of piperazine rings is 1. The molecule has 0 unspecified atom stereocenters. The first-order chi connectivity index (χ1) is 17.9. The van der Waals surface area contributed by atoms with E-state index >= 15 is 0 Å². The fourth-order valence-corrected chi connectivity index (χ4v) is 4.91. The minimum atomic E-state index is -0.0208. The number of nitrogens with zero attached hydrogens (tertiary/aromatic N) is 3. The molecule has 0 radical (unpaired) electrons. The van der Waals surface area contributed by atoms with Crippen molar-refractivity contribution >= 4 is 11.8 Å². The number of likely N-dealkylation sites (N-methyl/N-ethyl adjacent to an activating group) is 1. The third kappa shape index (κ3) is 7.36. The lowest BCUT2D eigenvalue weighted by Crippen LogP contribution is -2.49. The molecule has 200 valence electrons. The zero-order chi connectivity index (χ0) is 26.2. The predicted molar refractivity (Wildman–Crippen MR) is 141 cm³/mol. The Hall–Kier alpha value is -3.30. The Morgan fingerprint density at radius 2 is 1.86 bits per heavy atom. The number of benzene rings is 2. The lowest BCUT2D eigenvalue weighted by molar-refractivity contribution is -0.119. The van der Waals surface area contributed by atoms with Gasteiger partial charge in [0.25, 0.3) is 5.91 Å². The summed E-state index contributed by atoms with van der Waals surface area (Å²) in [7, 11) is 5.23. The van der Waals surface area contributed by atoms with Gasteiger partial charge in [0.2, 0.25) is 5.91 Å². The van der Waals surface area contributed by atoms with E-state index in [0.29, 0.717) is 43.2 Å². The van der Waals surface area contributed by atoms with Crippen molar-refractivity contribution in [2.75, 3.05) is 67.1 Å². The highest BCUT2D eigenvalue weighted by Crippen LogP contribution is 2.26. The molecule has 2 fully saturated rings. The molecular formula is C28H38N4O5. The number of amides is 2. The molecule has 2 heterocycles. The van der Waals surface area contributed by atoms with Crippen LogP contribution in [0.2, 0.25) is 0 Å². The Morgan fingerprint density at radius 1 is 1.05 bits per heavy atom. The average molecular weight is 511 g/mol. The predicted octanol–water partition coefficient (Wildman–Crippen LogP) is 2.25. The summed E-state index contributed by atoms with van der Waals surface area (Å²) in [5.74, 6) is 2.18.